The van der Waals surface area contributed by atoms with Crippen LogP contribution in [0.1, 0.15) is 32.1 Å². The highest BCUT2D eigenvalue weighted by Crippen LogP contribution is 2.26. The quantitative estimate of drug-likeness (QED) is 0.789. The fourth-order valence-corrected chi connectivity index (χ4v) is 3.62. The minimum atomic E-state index is -0.503. The van der Waals surface area contributed by atoms with Gasteiger partial charge in [-0.3, -0.25) is 9.59 Å². The molecule has 25 heavy (non-hydrogen) atoms. The average molecular weight is 360 g/mol. The number of amidine groups is 1. The third kappa shape index (κ3) is 4.60. The number of ether oxygens (including phenoxy) is 1. The molecule has 2 aliphatic rings. The molecule has 2 amide bonds. The lowest BCUT2D eigenvalue weighted by Crippen LogP contribution is -2.28. The highest BCUT2D eigenvalue weighted by Gasteiger charge is 2.32. The van der Waals surface area contributed by atoms with Crippen molar-refractivity contribution in [1.82, 2.24) is 5.32 Å². The first-order valence-electron chi connectivity index (χ1n) is 8.19. The summed E-state index contributed by atoms with van der Waals surface area (Å²) in [5.41, 5.74) is 1.65. The first-order chi connectivity index (χ1) is 12.2. The molecule has 2 fully saturated rings. The first-order valence-corrected chi connectivity index (χ1v) is 9.07. The van der Waals surface area contributed by atoms with Crippen LogP contribution in [0.3, 0.4) is 0 Å². The van der Waals surface area contributed by atoms with Gasteiger partial charge >= 0.3 is 0 Å². The zero-order chi connectivity index (χ0) is 17.6. The molecule has 0 radical (unpaired) electrons. The molecule has 1 saturated carbocycles. The summed E-state index contributed by atoms with van der Waals surface area (Å²) in [7, 11) is 1.54. The molecule has 0 spiro atoms. The lowest BCUT2D eigenvalue weighted by molar-refractivity contribution is -0.122. The van der Waals surface area contributed by atoms with E-state index in [1.165, 1.54) is 11.8 Å². The summed E-state index contributed by atoms with van der Waals surface area (Å²) in [6.45, 7) is 0. The normalized spacial score (nSPS) is 21.3. The van der Waals surface area contributed by atoms with Crippen LogP contribution in [-0.4, -0.2) is 35.1 Å². The number of anilines is 1. The zero-order valence-electron chi connectivity index (χ0n) is 13.9. The molecule has 1 aromatic carbocycles. The number of amides is 2. The Hall–Kier alpha value is -2.35. The van der Waals surface area contributed by atoms with Crippen LogP contribution in [0.2, 0.25) is 0 Å². The molecule has 0 bridgehead atoms. The highest BCUT2D eigenvalue weighted by molar-refractivity contribution is 8.15. The summed E-state index contributed by atoms with van der Waals surface area (Å²) in [5, 5.41) is 13.7. The fourth-order valence-electron chi connectivity index (χ4n) is 2.70. The topological polar surface area (TPSA) is 92.2 Å². The SMILES string of the molecule is COc1ccccc1NC(=O)CC1S/C(=N/N=C2CCCC2)NC1=O. The summed E-state index contributed by atoms with van der Waals surface area (Å²) >= 11 is 1.24. The van der Waals surface area contributed by atoms with E-state index in [0.717, 1.165) is 31.4 Å². The average Bonchev–Trinajstić information content (AvgIpc) is 3.23. The molecular formula is C17H20N4O3S. The minimum Gasteiger partial charge on any atom is -0.495 e. The second-order valence-corrected chi connectivity index (χ2v) is 7.02. The lowest BCUT2D eigenvalue weighted by Gasteiger charge is -2.10. The Bertz CT molecular complexity index is 724. The van der Waals surface area contributed by atoms with Gasteiger partial charge in [-0.15, -0.1) is 5.10 Å². The van der Waals surface area contributed by atoms with Crippen molar-refractivity contribution in [3.05, 3.63) is 24.3 Å². The van der Waals surface area contributed by atoms with Crippen LogP contribution in [0, 0.1) is 0 Å². The van der Waals surface area contributed by atoms with Crippen molar-refractivity contribution in [2.75, 3.05) is 12.4 Å². The largest absolute Gasteiger partial charge is 0.495 e. The van der Waals surface area contributed by atoms with E-state index in [9.17, 15) is 9.59 Å². The second-order valence-electron chi connectivity index (χ2n) is 5.83. The van der Waals surface area contributed by atoms with Gasteiger partial charge in [0.25, 0.3) is 0 Å². The van der Waals surface area contributed by atoms with Crippen LogP contribution in [-0.2, 0) is 9.59 Å². The number of nitrogens with one attached hydrogen (secondary N) is 2. The number of carbonyl (C=O) groups is 2. The summed E-state index contributed by atoms with van der Waals surface area (Å²) < 4.78 is 5.20. The van der Waals surface area contributed by atoms with E-state index < -0.39 is 5.25 Å². The van der Waals surface area contributed by atoms with Crippen molar-refractivity contribution in [3.63, 3.8) is 0 Å². The van der Waals surface area contributed by atoms with E-state index >= 15 is 0 Å². The second kappa shape index (κ2) is 8.15. The van der Waals surface area contributed by atoms with Crippen LogP contribution in [0.25, 0.3) is 0 Å². The van der Waals surface area contributed by atoms with Gasteiger partial charge in [0, 0.05) is 12.1 Å². The van der Waals surface area contributed by atoms with Crippen molar-refractivity contribution >= 4 is 40.1 Å². The highest BCUT2D eigenvalue weighted by atomic mass is 32.2. The number of carbonyl (C=O) groups excluding carboxylic acids is 2. The maximum absolute atomic E-state index is 12.2. The van der Waals surface area contributed by atoms with Crippen molar-refractivity contribution in [1.29, 1.82) is 0 Å². The number of hydrogen-bond acceptors (Lipinski definition) is 6. The Morgan fingerprint density at radius 2 is 2.08 bits per heavy atom. The molecule has 7 nitrogen and oxygen atoms in total. The number of rotatable bonds is 5. The maximum atomic E-state index is 12.2. The van der Waals surface area contributed by atoms with Gasteiger partial charge in [-0.1, -0.05) is 23.9 Å². The Labute approximate surface area is 150 Å². The molecule has 8 heteroatoms. The Morgan fingerprint density at radius 3 is 2.84 bits per heavy atom. The molecule has 1 heterocycles. The standard InChI is InChI=1S/C17H20N4O3S/c1-24-13-9-5-4-8-12(13)18-15(22)10-14-16(23)19-17(25-14)21-20-11-6-2-3-7-11/h4-5,8-9,14H,2-3,6-7,10H2,1H3,(H,18,22)(H,19,21,23). The minimum absolute atomic E-state index is 0.0597. The first kappa shape index (κ1) is 17.5. The lowest BCUT2D eigenvalue weighted by atomic mass is 10.2. The number of thioether (sulfide) groups is 1. The van der Waals surface area contributed by atoms with E-state index in [0.29, 0.717) is 16.6 Å². The van der Waals surface area contributed by atoms with Crippen LogP contribution < -0.4 is 15.4 Å². The number of methoxy groups -OCH3 is 1. The van der Waals surface area contributed by atoms with Crippen LogP contribution in [0.5, 0.6) is 5.75 Å². The fraction of sp³-hybridized carbons (Fsp3) is 0.412. The smallest absolute Gasteiger partial charge is 0.240 e. The zero-order valence-corrected chi connectivity index (χ0v) is 14.8. The third-order valence-electron chi connectivity index (χ3n) is 3.99. The van der Waals surface area contributed by atoms with E-state index in [1.54, 1.807) is 19.2 Å². The number of hydrogen-bond donors (Lipinski definition) is 2. The Balaban J connectivity index is 1.57. The molecule has 132 valence electrons. The summed E-state index contributed by atoms with van der Waals surface area (Å²) in [5.74, 6) is 0.111. The molecule has 1 aliphatic heterocycles. The summed E-state index contributed by atoms with van der Waals surface area (Å²) in [4.78, 5) is 24.3. The van der Waals surface area contributed by atoms with Gasteiger partial charge in [0.1, 0.15) is 11.0 Å². The molecular weight excluding hydrogens is 340 g/mol. The van der Waals surface area contributed by atoms with E-state index in [4.69, 9.17) is 4.74 Å². The van der Waals surface area contributed by atoms with Crippen molar-refractivity contribution in [2.45, 2.75) is 37.4 Å². The third-order valence-corrected chi connectivity index (χ3v) is 5.06. The molecule has 1 aromatic rings. The monoisotopic (exact) mass is 360 g/mol. The van der Waals surface area contributed by atoms with Gasteiger partial charge in [-0.05, 0) is 37.8 Å². The van der Waals surface area contributed by atoms with Crippen molar-refractivity contribution < 1.29 is 14.3 Å². The molecule has 1 atom stereocenters. The maximum Gasteiger partial charge on any atom is 0.240 e. The number of nitrogens with zero attached hydrogens (tertiary/aromatic N) is 2. The van der Waals surface area contributed by atoms with Crippen LogP contribution in [0.15, 0.2) is 34.5 Å². The van der Waals surface area contributed by atoms with Crippen molar-refractivity contribution in [2.24, 2.45) is 10.2 Å². The van der Waals surface area contributed by atoms with Gasteiger partial charge in [0.15, 0.2) is 5.17 Å². The molecule has 1 saturated heterocycles. The molecule has 1 aliphatic carbocycles. The van der Waals surface area contributed by atoms with Crippen LogP contribution in [0.4, 0.5) is 5.69 Å². The van der Waals surface area contributed by atoms with Crippen molar-refractivity contribution in [3.8, 4) is 5.75 Å². The Kier molecular flexibility index (Phi) is 5.70. The van der Waals surface area contributed by atoms with Gasteiger partial charge in [0.05, 0.1) is 12.8 Å². The van der Waals surface area contributed by atoms with Gasteiger partial charge < -0.3 is 15.4 Å². The van der Waals surface area contributed by atoms with E-state index in [2.05, 4.69) is 20.8 Å². The van der Waals surface area contributed by atoms with Gasteiger partial charge in [0.2, 0.25) is 11.8 Å². The predicted molar refractivity (Wildman–Crippen MR) is 99.1 cm³/mol. The molecule has 1 unspecified atom stereocenters. The van der Waals surface area contributed by atoms with Gasteiger partial charge in [-0.2, -0.15) is 5.10 Å². The molecule has 0 aromatic heterocycles. The number of benzene rings is 1. The van der Waals surface area contributed by atoms with E-state index in [-0.39, 0.29) is 18.2 Å². The van der Waals surface area contributed by atoms with Crippen LogP contribution >= 0.6 is 11.8 Å². The predicted octanol–water partition coefficient (Wildman–Crippen LogP) is 2.54. The summed E-state index contributed by atoms with van der Waals surface area (Å²) in [6, 6.07) is 7.15. The number of para-hydroxylation sites is 2. The summed E-state index contributed by atoms with van der Waals surface area (Å²) in [6.07, 6.45) is 4.30. The molecule has 2 N–H and O–H groups in total. The van der Waals surface area contributed by atoms with E-state index in [1.807, 2.05) is 12.1 Å². The van der Waals surface area contributed by atoms with Gasteiger partial charge in [-0.25, -0.2) is 0 Å². The molecule has 3 rings (SSSR count). The Morgan fingerprint density at radius 1 is 1.32 bits per heavy atom.